The number of nitrogens with zero attached hydrogens (tertiary/aromatic N) is 1. The fraction of sp³-hybridized carbons (Fsp3) is 0.636. The van der Waals surface area contributed by atoms with Crippen molar-refractivity contribution in [1.82, 2.24) is 5.32 Å². The molecular formula is C55H94N2O2. The van der Waals surface area contributed by atoms with Crippen LogP contribution in [0, 0.1) is 24.7 Å². The highest BCUT2D eigenvalue weighted by Crippen LogP contribution is 2.30. The van der Waals surface area contributed by atoms with Crippen LogP contribution in [0.15, 0.2) is 84.0 Å². The van der Waals surface area contributed by atoms with E-state index in [9.17, 15) is 9.59 Å². The third-order valence-electron chi connectivity index (χ3n) is 11.2. The second-order valence-corrected chi connectivity index (χ2v) is 15.4. The Balaban J connectivity index is 0. The number of hydrogen-bond acceptors (Lipinski definition) is 3. The highest BCUT2D eigenvalue weighted by Gasteiger charge is 2.26. The summed E-state index contributed by atoms with van der Waals surface area (Å²) in [4.78, 5) is 27.2. The van der Waals surface area contributed by atoms with Gasteiger partial charge >= 0.3 is 0 Å². The molecule has 0 spiro atoms. The van der Waals surface area contributed by atoms with E-state index in [0.29, 0.717) is 36.5 Å². The minimum Gasteiger partial charge on any atom is -0.371 e. The second kappa shape index (κ2) is 37.6. The Hall–Kier alpha value is -3.40. The summed E-state index contributed by atoms with van der Waals surface area (Å²) in [6.07, 6.45) is 22.8. The van der Waals surface area contributed by atoms with E-state index < -0.39 is 0 Å². The molecule has 1 amide bonds. The molecule has 0 aromatic heterocycles. The number of rotatable bonds is 19. The number of carbonyl (C=O) groups excluding carboxylic acids is 2. The van der Waals surface area contributed by atoms with Crippen LogP contribution in [0.2, 0.25) is 0 Å². The average Bonchev–Trinajstić information content (AvgIpc) is 3.65. The number of allylic oxidation sites excluding steroid dienone is 5. The molecule has 1 aliphatic heterocycles. The van der Waals surface area contributed by atoms with Crippen LogP contribution in [-0.2, 0) is 16.1 Å². The molecule has 2 aromatic rings. The first-order valence-corrected chi connectivity index (χ1v) is 24.5. The number of hydrogen-bond donors (Lipinski definition) is 1. The molecule has 59 heavy (non-hydrogen) atoms. The largest absolute Gasteiger partial charge is 0.371 e. The van der Waals surface area contributed by atoms with E-state index in [2.05, 4.69) is 100 Å². The van der Waals surface area contributed by atoms with Gasteiger partial charge in [0.25, 0.3) is 0 Å². The van der Waals surface area contributed by atoms with E-state index in [1.54, 1.807) is 12.2 Å². The van der Waals surface area contributed by atoms with Crippen LogP contribution < -0.4 is 10.2 Å². The van der Waals surface area contributed by atoms with Crippen molar-refractivity contribution < 1.29 is 9.59 Å². The lowest BCUT2D eigenvalue weighted by Gasteiger charge is -2.21. The molecule has 4 nitrogen and oxygen atoms in total. The van der Waals surface area contributed by atoms with Gasteiger partial charge < -0.3 is 10.2 Å². The van der Waals surface area contributed by atoms with Crippen molar-refractivity contribution in [2.75, 3.05) is 18.0 Å². The maximum absolute atomic E-state index is 12.6. The molecule has 3 unspecified atom stereocenters. The van der Waals surface area contributed by atoms with Crippen molar-refractivity contribution in [2.24, 2.45) is 17.8 Å². The van der Waals surface area contributed by atoms with Gasteiger partial charge in [0.2, 0.25) is 5.91 Å². The molecule has 0 saturated carbocycles. The van der Waals surface area contributed by atoms with Gasteiger partial charge in [0.05, 0.1) is 0 Å². The number of anilines is 1. The minimum absolute atomic E-state index is 0.0786. The lowest BCUT2D eigenvalue weighted by molar-refractivity contribution is -0.118. The molecule has 1 fully saturated rings. The highest BCUT2D eigenvalue weighted by molar-refractivity contribution is 5.99. The van der Waals surface area contributed by atoms with Gasteiger partial charge in [-0.25, -0.2) is 0 Å². The fourth-order valence-electron chi connectivity index (χ4n) is 7.51. The van der Waals surface area contributed by atoms with E-state index in [4.69, 9.17) is 0 Å². The number of aryl methyl sites for hydroxylation is 1. The molecule has 1 saturated heterocycles. The zero-order chi connectivity index (χ0) is 45.0. The third kappa shape index (κ3) is 23.8. The number of benzene rings is 2. The maximum Gasteiger partial charge on any atom is 0.247 e. The molecule has 336 valence electrons. The zero-order valence-corrected chi connectivity index (χ0v) is 41.3. The van der Waals surface area contributed by atoms with Crippen LogP contribution in [0.1, 0.15) is 203 Å². The van der Waals surface area contributed by atoms with Crippen molar-refractivity contribution >= 4 is 17.4 Å². The van der Waals surface area contributed by atoms with Gasteiger partial charge in [-0.3, -0.25) is 9.59 Å². The second-order valence-electron chi connectivity index (χ2n) is 15.4. The molecule has 1 aliphatic carbocycles. The Labute approximate surface area is 367 Å². The molecular weight excluding hydrogens is 721 g/mol. The maximum atomic E-state index is 12.6. The lowest BCUT2D eigenvalue weighted by atomic mass is 9.90. The molecule has 2 aliphatic rings. The predicted octanol–water partition coefficient (Wildman–Crippen LogP) is 16.3. The quantitative estimate of drug-likeness (QED) is 0.144. The Morgan fingerprint density at radius 2 is 1.36 bits per heavy atom. The molecule has 4 rings (SSSR count). The van der Waals surface area contributed by atoms with Gasteiger partial charge in [0, 0.05) is 42.9 Å². The van der Waals surface area contributed by atoms with Crippen LogP contribution in [0.4, 0.5) is 5.69 Å². The number of carbonyl (C=O) groups is 2. The summed E-state index contributed by atoms with van der Waals surface area (Å²) in [5, 5.41) is 3.02. The van der Waals surface area contributed by atoms with Gasteiger partial charge in [-0.15, -0.1) is 0 Å². The number of Topliss-reactive ketones (excluding diaryl/α,β-unsaturated/α-hetero) is 1. The van der Waals surface area contributed by atoms with E-state index in [1.807, 2.05) is 74.5 Å². The molecule has 0 radical (unpaired) electrons. The van der Waals surface area contributed by atoms with Gasteiger partial charge in [-0.2, -0.15) is 0 Å². The Kier molecular flexibility index (Phi) is 36.8. The SMILES string of the molecule is CC.CC.CC.CC.CCCC(=O)C1=CCC(C(=O)NCc2ccc(N3CCC(C(C)CC)C3)cc2)=CC=C1.CCCC(CCC)CCCCC(C)c1ccc(C)cc1. The number of nitrogens with one attached hydrogen (secondary N) is 1. The summed E-state index contributed by atoms with van der Waals surface area (Å²) in [6, 6.07) is 17.6. The molecule has 2 aromatic carbocycles. The van der Waals surface area contributed by atoms with E-state index in [1.165, 1.54) is 81.0 Å². The Bertz CT molecular complexity index is 1400. The van der Waals surface area contributed by atoms with Crippen LogP contribution in [0.3, 0.4) is 0 Å². The summed E-state index contributed by atoms with van der Waals surface area (Å²) >= 11 is 0. The molecule has 3 atom stereocenters. The van der Waals surface area contributed by atoms with Crippen molar-refractivity contribution in [3.63, 3.8) is 0 Å². The summed E-state index contributed by atoms with van der Waals surface area (Å²) in [6.45, 7) is 34.6. The first-order valence-electron chi connectivity index (χ1n) is 24.5. The Morgan fingerprint density at radius 3 is 1.92 bits per heavy atom. The Morgan fingerprint density at radius 1 is 0.763 bits per heavy atom. The van der Waals surface area contributed by atoms with Crippen LogP contribution in [-0.4, -0.2) is 24.8 Å². The predicted molar refractivity (Wildman–Crippen MR) is 265 cm³/mol. The van der Waals surface area contributed by atoms with Crippen molar-refractivity contribution in [3.8, 4) is 0 Å². The average molecular weight is 815 g/mol. The minimum atomic E-state index is -0.0786. The summed E-state index contributed by atoms with van der Waals surface area (Å²) < 4.78 is 0. The summed E-state index contributed by atoms with van der Waals surface area (Å²) in [5.41, 5.74) is 6.62. The van der Waals surface area contributed by atoms with Crippen molar-refractivity contribution in [2.45, 2.75) is 200 Å². The molecule has 1 heterocycles. The van der Waals surface area contributed by atoms with Crippen molar-refractivity contribution in [3.05, 3.63) is 101 Å². The topological polar surface area (TPSA) is 49.4 Å². The zero-order valence-electron chi connectivity index (χ0n) is 41.3. The van der Waals surface area contributed by atoms with Gasteiger partial charge in [0.15, 0.2) is 5.78 Å². The summed E-state index contributed by atoms with van der Waals surface area (Å²) in [5.74, 6) is 3.33. The van der Waals surface area contributed by atoms with Crippen LogP contribution in [0.25, 0.3) is 0 Å². The van der Waals surface area contributed by atoms with E-state index >= 15 is 0 Å². The molecule has 1 N–H and O–H groups in total. The number of amides is 1. The highest BCUT2D eigenvalue weighted by atomic mass is 16.1. The van der Waals surface area contributed by atoms with Crippen LogP contribution in [0.5, 0.6) is 0 Å². The first-order chi connectivity index (χ1) is 28.7. The van der Waals surface area contributed by atoms with E-state index in [0.717, 1.165) is 42.8 Å². The number of ketones is 1. The lowest BCUT2D eigenvalue weighted by Crippen LogP contribution is -2.24. The molecule has 4 heteroatoms. The normalized spacial score (nSPS) is 15.0. The summed E-state index contributed by atoms with van der Waals surface area (Å²) in [7, 11) is 0. The standard InChI is InChI=1S/C27H36N2O2.C20H34.4C2H6/c1-4-7-26(30)22-8-6-9-23(13-12-22)27(31)28-18-21-10-14-25(15-11-21)29-17-16-24(19-29)20(3)5-2;1-5-9-19(10-6-2)12-8-7-11-18(4)20-15-13-17(3)14-16-20;4*1-2/h6,8-12,14-15,20,24H,4-5,7,13,16-19H2,1-3H3,(H,28,31);13-16,18-19H,5-12H2,1-4H3;4*1-2H3. The fourth-order valence-corrected chi connectivity index (χ4v) is 7.51. The van der Waals surface area contributed by atoms with E-state index in [-0.39, 0.29) is 11.7 Å². The molecule has 0 bridgehead atoms. The number of unbranched alkanes of at least 4 members (excludes halogenated alkanes) is 1. The third-order valence-corrected chi connectivity index (χ3v) is 11.2. The monoisotopic (exact) mass is 815 g/mol. The van der Waals surface area contributed by atoms with Crippen LogP contribution >= 0.6 is 0 Å². The van der Waals surface area contributed by atoms with Gasteiger partial charge in [0.1, 0.15) is 0 Å². The van der Waals surface area contributed by atoms with Gasteiger partial charge in [-0.05, 0) is 79.5 Å². The van der Waals surface area contributed by atoms with Gasteiger partial charge in [-0.1, -0.05) is 215 Å². The van der Waals surface area contributed by atoms with Crippen molar-refractivity contribution in [1.29, 1.82) is 0 Å². The smallest absolute Gasteiger partial charge is 0.247 e. The first kappa shape index (κ1) is 57.7.